The Labute approximate surface area is 122 Å². The molecule has 1 N–H and O–H groups in total. The first-order valence-corrected chi connectivity index (χ1v) is 7.96. The summed E-state index contributed by atoms with van der Waals surface area (Å²) in [5.41, 5.74) is 2.57. The smallest absolute Gasteiger partial charge is 0.142 e. The van der Waals surface area contributed by atoms with Crippen molar-refractivity contribution in [2.75, 3.05) is 31.6 Å². The number of piperidine rings is 1. The van der Waals surface area contributed by atoms with E-state index in [-0.39, 0.29) is 0 Å². The van der Waals surface area contributed by atoms with E-state index < -0.39 is 0 Å². The van der Waals surface area contributed by atoms with E-state index in [0.29, 0.717) is 6.04 Å². The van der Waals surface area contributed by atoms with Crippen molar-refractivity contribution in [2.45, 2.75) is 39.2 Å². The maximum atomic E-state index is 5.64. The minimum Gasteiger partial charge on any atom is -0.490 e. The lowest BCUT2D eigenvalue weighted by Gasteiger charge is -2.35. The van der Waals surface area contributed by atoms with Gasteiger partial charge >= 0.3 is 0 Å². The standard InChI is InChI=1S/C17H26N2O/c1-13-5-8-19(9-6-13)14(2)11-15-3-4-17-16(12-15)18-7-10-20-17/h3-4,12-14,18H,5-11H2,1-2H3. The summed E-state index contributed by atoms with van der Waals surface area (Å²) in [7, 11) is 0. The number of rotatable bonds is 3. The fraction of sp³-hybridized carbons (Fsp3) is 0.647. The van der Waals surface area contributed by atoms with Crippen LogP contribution < -0.4 is 10.1 Å². The number of fused-ring (bicyclic) bond motifs is 1. The van der Waals surface area contributed by atoms with Gasteiger partial charge in [0.1, 0.15) is 12.4 Å². The molecular formula is C17H26N2O. The monoisotopic (exact) mass is 274 g/mol. The number of anilines is 1. The molecule has 0 radical (unpaired) electrons. The Hall–Kier alpha value is -1.22. The summed E-state index contributed by atoms with van der Waals surface area (Å²) in [6.45, 7) is 8.94. The molecule has 3 nitrogen and oxygen atoms in total. The molecule has 2 heterocycles. The van der Waals surface area contributed by atoms with Crippen molar-refractivity contribution < 1.29 is 4.74 Å². The van der Waals surface area contributed by atoms with E-state index in [1.807, 2.05) is 0 Å². The van der Waals surface area contributed by atoms with Crippen LogP contribution >= 0.6 is 0 Å². The molecule has 0 spiro atoms. The molecule has 0 aliphatic carbocycles. The molecule has 1 atom stereocenters. The lowest BCUT2D eigenvalue weighted by Crippen LogP contribution is -2.40. The second-order valence-electron chi connectivity index (χ2n) is 6.38. The second-order valence-corrected chi connectivity index (χ2v) is 6.38. The van der Waals surface area contributed by atoms with Gasteiger partial charge in [-0.2, -0.15) is 0 Å². The normalized spacial score (nSPS) is 21.7. The Balaban J connectivity index is 1.62. The van der Waals surface area contributed by atoms with Crippen LogP contribution in [0, 0.1) is 5.92 Å². The first kappa shape index (κ1) is 13.7. The molecule has 1 aromatic carbocycles. The van der Waals surface area contributed by atoms with E-state index >= 15 is 0 Å². The number of nitrogens with one attached hydrogen (secondary N) is 1. The summed E-state index contributed by atoms with van der Waals surface area (Å²) < 4.78 is 5.64. The number of ether oxygens (including phenoxy) is 1. The van der Waals surface area contributed by atoms with E-state index in [9.17, 15) is 0 Å². The molecule has 0 amide bonds. The zero-order chi connectivity index (χ0) is 13.9. The SMILES string of the molecule is CC1CCN(C(C)Cc2ccc3c(c2)NCCO3)CC1. The lowest BCUT2D eigenvalue weighted by molar-refractivity contribution is 0.146. The number of benzene rings is 1. The maximum Gasteiger partial charge on any atom is 0.142 e. The highest BCUT2D eigenvalue weighted by Crippen LogP contribution is 2.29. The van der Waals surface area contributed by atoms with Crippen LogP contribution in [0.4, 0.5) is 5.69 Å². The van der Waals surface area contributed by atoms with Crippen LogP contribution in [0.5, 0.6) is 5.75 Å². The van der Waals surface area contributed by atoms with Crippen LogP contribution in [0.1, 0.15) is 32.3 Å². The maximum absolute atomic E-state index is 5.64. The highest BCUT2D eigenvalue weighted by molar-refractivity contribution is 5.59. The molecule has 2 aliphatic heterocycles. The van der Waals surface area contributed by atoms with Crippen LogP contribution in [0.3, 0.4) is 0 Å². The van der Waals surface area contributed by atoms with Crippen LogP contribution in [-0.4, -0.2) is 37.2 Å². The molecule has 0 bridgehead atoms. The summed E-state index contributed by atoms with van der Waals surface area (Å²) in [5.74, 6) is 1.91. The second kappa shape index (κ2) is 6.04. The summed E-state index contributed by atoms with van der Waals surface area (Å²) in [4.78, 5) is 2.64. The van der Waals surface area contributed by atoms with E-state index in [0.717, 1.165) is 36.9 Å². The lowest BCUT2D eigenvalue weighted by atomic mass is 9.96. The average Bonchev–Trinajstić information content (AvgIpc) is 2.48. The largest absolute Gasteiger partial charge is 0.490 e. The van der Waals surface area contributed by atoms with Gasteiger partial charge in [0.25, 0.3) is 0 Å². The zero-order valence-electron chi connectivity index (χ0n) is 12.7. The van der Waals surface area contributed by atoms with Gasteiger partial charge in [-0.15, -0.1) is 0 Å². The Morgan fingerprint density at radius 2 is 2.15 bits per heavy atom. The van der Waals surface area contributed by atoms with Crippen LogP contribution in [0.15, 0.2) is 18.2 Å². The molecule has 2 aliphatic rings. The Morgan fingerprint density at radius 1 is 1.35 bits per heavy atom. The summed E-state index contributed by atoms with van der Waals surface area (Å²) >= 11 is 0. The molecule has 3 heteroatoms. The predicted octanol–water partition coefficient (Wildman–Crippen LogP) is 3.15. The van der Waals surface area contributed by atoms with E-state index in [2.05, 4.69) is 42.3 Å². The first-order valence-electron chi connectivity index (χ1n) is 7.96. The van der Waals surface area contributed by atoms with Crippen molar-refractivity contribution in [2.24, 2.45) is 5.92 Å². The number of hydrogen-bond donors (Lipinski definition) is 1. The third-order valence-corrected chi connectivity index (χ3v) is 4.69. The first-order chi connectivity index (χ1) is 9.72. The third-order valence-electron chi connectivity index (χ3n) is 4.69. The highest BCUT2D eigenvalue weighted by Gasteiger charge is 2.20. The summed E-state index contributed by atoms with van der Waals surface area (Å²) in [6, 6.07) is 7.22. The van der Waals surface area contributed by atoms with E-state index in [1.165, 1.54) is 31.5 Å². The molecule has 1 fully saturated rings. The molecule has 1 unspecified atom stereocenters. The van der Waals surface area contributed by atoms with Crippen molar-refractivity contribution >= 4 is 5.69 Å². The molecule has 20 heavy (non-hydrogen) atoms. The number of likely N-dealkylation sites (tertiary alicyclic amines) is 1. The van der Waals surface area contributed by atoms with Gasteiger partial charge in [-0.05, 0) is 62.9 Å². The third kappa shape index (κ3) is 3.09. The average molecular weight is 274 g/mol. The van der Waals surface area contributed by atoms with Crippen molar-refractivity contribution in [1.82, 2.24) is 4.90 Å². The number of hydrogen-bond acceptors (Lipinski definition) is 3. The fourth-order valence-electron chi connectivity index (χ4n) is 3.25. The molecule has 1 aromatic rings. The summed E-state index contributed by atoms with van der Waals surface area (Å²) in [5, 5.41) is 3.42. The van der Waals surface area contributed by atoms with Gasteiger partial charge in [0.05, 0.1) is 5.69 Å². The molecule has 0 aromatic heterocycles. The minimum absolute atomic E-state index is 0.630. The zero-order valence-corrected chi connectivity index (χ0v) is 12.7. The Bertz CT molecular complexity index is 452. The molecule has 3 rings (SSSR count). The van der Waals surface area contributed by atoms with E-state index in [1.54, 1.807) is 0 Å². The van der Waals surface area contributed by atoms with Gasteiger partial charge < -0.3 is 15.0 Å². The summed E-state index contributed by atoms with van der Waals surface area (Å²) in [6.07, 6.45) is 3.83. The fourth-order valence-corrected chi connectivity index (χ4v) is 3.25. The van der Waals surface area contributed by atoms with Gasteiger partial charge in [0.2, 0.25) is 0 Å². The number of nitrogens with zero attached hydrogens (tertiary/aromatic N) is 1. The molecule has 0 saturated carbocycles. The quantitative estimate of drug-likeness (QED) is 0.916. The van der Waals surface area contributed by atoms with Crippen molar-refractivity contribution in [3.05, 3.63) is 23.8 Å². The van der Waals surface area contributed by atoms with Crippen LogP contribution in [-0.2, 0) is 6.42 Å². The van der Waals surface area contributed by atoms with Gasteiger partial charge in [-0.25, -0.2) is 0 Å². The van der Waals surface area contributed by atoms with Crippen LogP contribution in [0.2, 0.25) is 0 Å². The molecule has 1 saturated heterocycles. The minimum atomic E-state index is 0.630. The van der Waals surface area contributed by atoms with Gasteiger partial charge in [0, 0.05) is 12.6 Å². The van der Waals surface area contributed by atoms with E-state index in [4.69, 9.17) is 4.74 Å². The topological polar surface area (TPSA) is 24.5 Å². The van der Waals surface area contributed by atoms with Gasteiger partial charge in [-0.1, -0.05) is 13.0 Å². The van der Waals surface area contributed by atoms with Crippen molar-refractivity contribution in [3.63, 3.8) is 0 Å². The van der Waals surface area contributed by atoms with Crippen molar-refractivity contribution in [3.8, 4) is 5.75 Å². The molecular weight excluding hydrogens is 248 g/mol. The Morgan fingerprint density at radius 3 is 2.95 bits per heavy atom. The van der Waals surface area contributed by atoms with Gasteiger partial charge in [-0.3, -0.25) is 0 Å². The molecule has 110 valence electrons. The highest BCUT2D eigenvalue weighted by atomic mass is 16.5. The predicted molar refractivity (Wildman–Crippen MR) is 83.6 cm³/mol. The van der Waals surface area contributed by atoms with Gasteiger partial charge in [0.15, 0.2) is 0 Å². The van der Waals surface area contributed by atoms with Crippen molar-refractivity contribution in [1.29, 1.82) is 0 Å². The Kier molecular flexibility index (Phi) is 4.16. The van der Waals surface area contributed by atoms with Crippen LogP contribution in [0.25, 0.3) is 0 Å².